The molecule has 0 saturated carbocycles. The fraction of sp³-hybridized carbons (Fsp3) is 0.462. The number of carbonyl (C=O) groups is 1. The SMILES string of the molecule is COC(C)NC(C)OC.O=C(O)c1ccccc1O. The molecule has 6 nitrogen and oxygen atoms in total. The molecule has 1 rings (SSSR count). The molecule has 1 aromatic rings. The van der Waals surface area contributed by atoms with Crippen molar-refractivity contribution in [2.75, 3.05) is 14.2 Å². The van der Waals surface area contributed by atoms with E-state index in [4.69, 9.17) is 19.7 Å². The third kappa shape index (κ3) is 7.40. The molecule has 0 heterocycles. The molecule has 0 amide bonds. The molecule has 3 N–H and O–H groups in total. The largest absolute Gasteiger partial charge is 0.507 e. The van der Waals surface area contributed by atoms with Gasteiger partial charge in [-0.3, -0.25) is 5.32 Å². The maximum atomic E-state index is 10.3. The van der Waals surface area contributed by atoms with Crippen molar-refractivity contribution in [1.82, 2.24) is 5.32 Å². The van der Waals surface area contributed by atoms with E-state index in [0.29, 0.717) is 0 Å². The smallest absolute Gasteiger partial charge is 0.339 e. The Balaban J connectivity index is 0.000000344. The van der Waals surface area contributed by atoms with Gasteiger partial charge in [-0.2, -0.15) is 0 Å². The van der Waals surface area contributed by atoms with E-state index in [-0.39, 0.29) is 23.8 Å². The van der Waals surface area contributed by atoms with E-state index in [1.807, 2.05) is 13.8 Å². The van der Waals surface area contributed by atoms with Crippen LogP contribution in [0.25, 0.3) is 0 Å². The molecule has 2 atom stereocenters. The first-order valence-corrected chi connectivity index (χ1v) is 5.75. The summed E-state index contributed by atoms with van der Waals surface area (Å²) in [7, 11) is 3.31. The molecule has 1 aromatic carbocycles. The molecule has 0 bridgehead atoms. The van der Waals surface area contributed by atoms with Crippen molar-refractivity contribution >= 4 is 5.97 Å². The summed E-state index contributed by atoms with van der Waals surface area (Å²) < 4.78 is 9.86. The van der Waals surface area contributed by atoms with Gasteiger partial charge in [0, 0.05) is 14.2 Å². The molecular weight excluding hydrogens is 250 g/mol. The molecule has 2 unspecified atom stereocenters. The van der Waals surface area contributed by atoms with E-state index in [2.05, 4.69) is 5.32 Å². The van der Waals surface area contributed by atoms with Crippen LogP contribution in [-0.2, 0) is 9.47 Å². The van der Waals surface area contributed by atoms with Crippen molar-refractivity contribution in [1.29, 1.82) is 0 Å². The zero-order chi connectivity index (χ0) is 14.8. The van der Waals surface area contributed by atoms with E-state index in [1.54, 1.807) is 26.4 Å². The minimum atomic E-state index is -1.11. The Bertz CT molecular complexity index is 375. The van der Waals surface area contributed by atoms with Crippen molar-refractivity contribution in [3.05, 3.63) is 29.8 Å². The number of rotatable bonds is 5. The van der Waals surface area contributed by atoms with Gasteiger partial charge in [0.2, 0.25) is 0 Å². The minimum Gasteiger partial charge on any atom is -0.507 e. The second kappa shape index (κ2) is 9.32. The molecule has 0 fully saturated rings. The molecule has 0 radical (unpaired) electrons. The summed E-state index contributed by atoms with van der Waals surface area (Å²) in [5.74, 6) is -1.31. The summed E-state index contributed by atoms with van der Waals surface area (Å²) in [5.41, 5.74) is -0.0671. The zero-order valence-electron chi connectivity index (χ0n) is 11.6. The average Bonchev–Trinajstić information content (AvgIpc) is 2.39. The van der Waals surface area contributed by atoms with Gasteiger partial charge in [-0.05, 0) is 26.0 Å². The van der Waals surface area contributed by atoms with Crippen molar-refractivity contribution in [2.24, 2.45) is 0 Å². The number of carboxylic acids is 1. The van der Waals surface area contributed by atoms with Crippen LogP contribution in [0.1, 0.15) is 24.2 Å². The van der Waals surface area contributed by atoms with Gasteiger partial charge in [-0.15, -0.1) is 0 Å². The number of hydrogen-bond acceptors (Lipinski definition) is 5. The van der Waals surface area contributed by atoms with Crippen LogP contribution in [0.3, 0.4) is 0 Å². The average molecular weight is 271 g/mol. The zero-order valence-corrected chi connectivity index (χ0v) is 11.6. The highest BCUT2D eigenvalue weighted by molar-refractivity contribution is 5.90. The Morgan fingerprint density at radius 1 is 1.16 bits per heavy atom. The highest BCUT2D eigenvalue weighted by atomic mass is 16.5. The Kier molecular flexibility index (Phi) is 8.52. The van der Waals surface area contributed by atoms with Gasteiger partial charge in [0.25, 0.3) is 0 Å². The summed E-state index contributed by atoms with van der Waals surface area (Å²) in [6.07, 6.45) is 0.111. The fourth-order valence-corrected chi connectivity index (χ4v) is 1.12. The number of aromatic carboxylic acids is 1. The van der Waals surface area contributed by atoms with Gasteiger partial charge in [-0.1, -0.05) is 12.1 Å². The lowest BCUT2D eigenvalue weighted by atomic mass is 10.2. The summed E-state index contributed by atoms with van der Waals surface area (Å²) >= 11 is 0. The quantitative estimate of drug-likeness (QED) is 0.706. The molecule has 0 aliphatic rings. The number of hydrogen-bond donors (Lipinski definition) is 3. The molecular formula is C13H21NO5. The number of ether oxygens (including phenoxy) is 2. The second-order valence-corrected chi connectivity index (χ2v) is 3.74. The maximum Gasteiger partial charge on any atom is 0.339 e. The summed E-state index contributed by atoms with van der Waals surface area (Å²) in [5, 5.41) is 20.3. The summed E-state index contributed by atoms with van der Waals surface area (Å²) in [4.78, 5) is 10.3. The number of para-hydroxylation sites is 1. The fourth-order valence-electron chi connectivity index (χ4n) is 1.12. The second-order valence-electron chi connectivity index (χ2n) is 3.74. The first kappa shape index (κ1) is 17.4. The van der Waals surface area contributed by atoms with Crippen LogP contribution in [0.2, 0.25) is 0 Å². The molecule has 0 saturated heterocycles. The van der Waals surface area contributed by atoms with E-state index in [0.717, 1.165) is 0 Å². The van der Waals surface area contributed by atoms with Crippen molar-refractivity contribution in [2.45, 2.75) is 26.3 Å². The third-order valence-corrected chi connectivity index (χ3v) is 2.31. The number of carboxylic acid groups (broad SMARTS) is 1. The van der Waals surface area contributed by atoms with Crippen molar-refractivity contribution in [3.63, 3.8) is 0 Å². The summed E-state index contributed by atoms with van der Waals surface area (Å²) in [6, 6.07) is 5.81. The lowest BCUT2D eigenvalue weighted by Crippen LogP contribution is -2.36. The van der Waals surface area contributed by atoms with Gasteiger partial charge in [0.1, 0.15) is 23.8 Å². The Labute approximate surface area is 113 Å². The van der Waals surface area contributed by atoms with Crippen LogP contribution in [-0.4, -0.2) is 42.9 Å². The first-order chi connectivity index (χ1) is 8.92. The van der Waals surface area contributed by atoms with Crippen molar-refractivity contribution in [3.8, 4) is 5.75 Å². The number of benzene rings is 1. The third-order valence-electron chi connectivity index (χ3n) is 2.31. The van der Waals surface area contributed by atoms with Crippen LogP contribution in [0.15, 0.2) is 24.3 Å². The molecule has 0 spiro atoms. The number of methoxy groups -OCH3 is 2. The highest BCUT2D eigenvalue weighted by Gasteiger charge is 2.05. The van der Waals surface area contributed by atoms with E-state index in [9.17, 15) is 4.79 Å². The minimum absolute atomic E-state index is 0.0555. The van der Waals surface area contributed by atoms with E-state index in [1.165, 1.54) is 12.1 Å². The molecule has 0 aliphatic carbocycles. The molecule has 0 aliphatic heterocycles. The standard InChI is InChI=1S/C7H6O3.C6H15NO2/c8-6-4-2-1-3-5(6)7(9)10;1-5(8-3)7-6(2)9-4/h1-4,8H,(H,9,10);5-7H,1-4H3. The summed E-state index contributed by atoms with van der Waals surface area (Å²) in [6.45, 7) is 3.85. The Morgan fingerprint density at radius 3 is 1.95 bits per heavy atom. The van der Waals surface area contributed by atoms with Crippen LogP contribution in [0.4, 0.5) is 0 Å². The maximum absolute atomic E-state index is 10.3. The first-order valence-electron chi connectivity index (χ1n) is 5.75. The number of phenols is 1. The van der Waals surface area contributed by atoms with E-state index >= 15 is 0 Å². The lowest BCUT2D eigenvalue weighted by Gasteiger charge is -2.16. The predicted molar refractivity (Wildman–Crippen MR) is 71.1 cm³/mol. The Morgan fingerprint density at radius 2 is 1.63 bits per heavy atom. The van der Waals surface area contributed by atoms with Gasteiger partial charge < -0.3 is 19.7 Å². The van der Waals surface area contributed by atoms with Crippen LogP contribution in [0.5, 0.6) is 5.75 Å². The monoisotopic (exact) mass is 271 g/mol. The van der Waals surface area contributed by atoms with Gasteiger partial charge >= 0.3 is 5.97 Å². The van der Waals surface area contributed by atoms with Crippen LogP contribution < -0.4 is 5.32 Å². The lowest BCUT2D eigenvalue weighted by molar-refractivity contribution is 0.00786. The normalized spacial score (nSPS) is 13.1. The van der Waals surface area contributed by atoms with Crippen LogP contribution in [0, 0.1) is 0 Å². The predicted octanol–water partition coefficient (Wildman–Crippen LogP) is 1.65. The molecule has 0 aromatic heterocycles. The molecule has 19 heavy (non-hydrogen) atoms. The van der Waals surface area contributed by atoms with Gasteiger partial charge in [0.05, 0.1) is 0 Å². The van der Waals surface area contributed by atoms with E-state index < -0.39 is 5.97 Å². The van der Waals surface area contributed by atoms with Gasteiger partial charge in [-0.25, -0.2) is 4.79 Å². The van der Waals surface area contributed by atoms with Crippen molar-refractivity contribution < 1.29 is 24.5 Å². The van der Waals surface area contributed by atoms with Gasteiger partial charge in [0.15, 0.2) is 0 Å². The highest BCUT2D eigenvalue weighted by Crippen LogP contribution is 2.14. The number of nitrogens with one attached hydrogen (secondary N) is 1. The molecule has 6 heteroatoms. The van der Waals surface area contributed by atoms with Crippen LogP contribution >= 0.6 is 0 Å². The molecule has 108 valence electrons. The number of aromatic hydroxyl groups is 1. The Hall–Kier alpha value is -1.63. The topological polar surface area (TPSA) is 88.0 Å².